The van der Waals surface area contributed by atoms with Gasteiger partial charge in [-0.3, -0.25) is 4.79 Å². The Morgan fingerprint density at radius 2 is 2.24 bits per heavy atom. The molecule has 2 atom stereocenters. The van der Waals surface area contributed by atoms with Gasteiger partial charge in [-0.25, -0.2) is 0 Å². The fraction of sp³-hybridized carbons (Fsp3) is 0.588. The molecule has 0 aromatic heterocycles. The highest BCUT2D eigenvalue weighted by Crippen LogP contribution is 2.29. The average Bonchev–Trinajstić information content (AvgIpc) is 2.54. The molecule has 114 valence electrons. The summed E-state index contributed by atoms with van der Waals surface area (Å²) in [4.78, 5) is 14.9. The quantitative estimate of drug-likeness (QED) is 0.904. The fourth-order valence-electron chi connectivity index (χ4n) is 3.50. The molecule has 0 saturated carbocycles. The lowest BCUT2D eigenvalue weighted by molar-refractivity contribution is -0.140. The molecule has 1 saturated heterocycles. The topological polar surface area (TPSA) is 41.6 Å². The first-order valence-electron chi connectivity index (χ1n) is 7.75. The lowest BCUT2D eigenvalue weighted by Crippen LogP contribution is -2.52. The van der Waals surface area contributed by atoms with Gasteiger partial charge in [-0.1, -0.05) is 24.3 Å². The van der Waals surface area contributed by atoms with Crippen LogP contribution in [-0.2, 0) is 16.1 Å². The Kier molecular flexibility index (Phi) is 4.00. The minimum Gasteiger partial charge on any atom is -0.377 e. The van der Waals surface area contributed by atoms with E-state index in [0.29, 0.717) is 6.54 Å². The standard InChI is InChI=1S/C17H24N2O2/c1-17(21-2)8-5-9-19(12-17)16(20)15-11-18-10-13-6-3-4-7-14(13)15/h3-4,6-7,15,18H,5,8-12H2,1-2H3. The Balaban J connectivity index is 1.80. The van der Waals surface area contributed by atoms with Crippen LogP contribution in [0.1, 0.15) is 36.8 Å². The van der Waals surface area contributed by atoms with Gasteiger partial charge in [0.25, 0.3) is 0 Å². The van der Waals surface area contributed by atoms with Gasteiger partial charge in [-0.2, -0.15) is 0 Å². The molecule has 4 heteroatoms. The highest BCUT2D eigenvalue weighted by atomic mass is 16.5. The number of carbonyl (C=O) groups excluding carboxylic acids is 1. The van der Waals surface area contributed by atoms with E-state index in [1.54, 1.807) is 7.11 Å². The Labute approximate surface area is 126 Å². The molecule has 2 aliphatic heterocycles. The fourth-order valence-corrected chi connectivity index (χ4v) is 3.50. The third kappa shape index (κ3) is 2.83. The van der Waals surface area contributed by atoms with E-state index < -0.39 is 0 Å². The number of ether oxygens (including phenoxy) is 1. The van der Waals surface area contributed by atoms with Gasteiger partial charge in [0.2, 0.25) is 5.91 Å². The van der Waals surface area contributed by atoms with E-state index in [4.69, 9.17) is 4.74 Å². The monoisotopic (exact) mass is 288 g/mol. The van der Waals surface area contributed by atoms with Crippen molar-refractivity contribution in [3.63, 3.8) is 0 Å². The Morgan fingerprint density at radius 3 is 3.05 bits per heavy atom. The van der Waals surface area contributed by atoms with Crippen molar-refractivity contribution >= 4 is 5.91 Å². The zero-order chi connectivity index (χ0) is 14.9. The zero-order valence-corrected chi connectivity index (χ0v) is 12.9. The number of piperidine rings is 1. The highest BCUT2D eigenvalue weighted by Gasteiger charge is 2.36. The molecule has 3 rings (SSSR count). The van der Waals surface area contributed by atoms with Crippen LogP contribution in [0.5, 0.6) is 0 Å². The van der Waals surface area contributed by atoms with E-state index in [1.165, 1.54) is 11.1 Å². The number of methoxy groups -OCH3 is 1. The number of nitrogens with one attached hydrogen (secondary N) is 1. The van der Waals surface area contributed by atoms with Crippen LogP contribution >= 0.6 is 0 Å². The number of amides is 1. The second-order valence-electron chi connectivity index (χ2n) is 6.40. The number of nitrogens with zero attached hydrogens (tertiary/aromatic N) is 1. The Bertz CT molecular complexity index is 531. The van der Waals surface area contributed by atoms with Crippen LogP contribution in [-0.4, -0.2) is 43.2 Å². The number of hydrogen-bond acceptors (Lipinski definition) is 3. The van der Waals surface area contributed by atoms with E-state index in [2.05, 4.69) is 24.4 Å². The number of benzene rings is 1. The van der Waals surface area contributed by atoms with Crippen molar-refractivity contribution in [1.82, 2.24) is 10.2 Å². The van der Waals surface area contributed by atoms with E-state index >= 15 is 0 Å². The van der Waals surface area contributed by atoms with Gasteiger partial charge in [-0.15, -0.1) is 0 Å². The highest BCUT2D eigenvalue weighted by molar-refractivity contribution is 5.85. The third-order valence-electron chi connectivity index (χ3n) is 4.86. The van der Waals surface area contributed by atoms with Crippen molar-refractivity contribution < 1.29 is 9.53 Å². The summed E-state index contributed by atoms with van der Waals surface area (Å²) in [6.45, 7) is 5.22. The van der Waals surface area contributed by atoms with Crippen LogP contribution in [0.4, 0.5) is 0 Å². The van der Waals surface area contributed by atoms with E-state index in [0.717, 1.165) is 32.5 Å². The Hall–Kier alpha value is -1.39. The molecule has 0 aliphatic carbocycles. The van der Waals surface area contributed by atoms with Crippen molar-refractivity contribution in [2.75, 3.05) is 26.7 Å². The van der Waals surface area contributed by atoms with Crippen LogP contribution < -0.4 is 5.32 Å². The first-order chi connectivity index (χ1) is 10.1. The minimum atomic E-state index is -0.199. The van der Waals surface area contributed by atoms with Gasteiger partial charge in [0.1, 0.15) is 0 Å². The van der Waals surface area contributed by atoms with Crippen molar-refractivity contribution in [2.24, 2.45) is 0 Å². The zero-order valence-electron chi connectivity index (χ0n) is 12.9. The second kappa shape index (κ2) is 5.78. The summed E-state index contributed by atoms with van der Waals surface area (Å²) < 4.78 is 5.61. The predicted octanol–water partition coefficient (Wildman–Crippen LogP) is 1.90. The molecule has 1 aromatic carbocycles. The lowest BCUT2D eigenvalue weighted by Gasteiger charge is -2.41. The van der Waals surface area contributed by atoms with E-state index in [-0.39, 0.29) is 17.4 Å². The summed E-state index contributed by atoms with van der Waals surface area (Å²) >= 11 is 0. The van der Waals surface area contributed by atoms with E-state index in [9.17, 15) is 4.79 Å². The van der Waals surface area contributed by atoms with Gasteiger partial charge in [0.15, 0.2) is 0 Å². The van der Waals surface area contributed by atoms with Crippen LogP contribution in [0.25, 0.3) is 0 Å². The predicted molar refractivity (Wildman–Crippen MR) is 82.1 cm³/mol. The molecule has 0 radical (unpaired) electrons. The van der Waals surface area contributed by atoms with Crippen molar-refractivity contribution in [2.45, 2.75) is 37.8 Å². The summed E-state index contributed by atoms with van der Waals surface area (Å²) in [5.41, 5.74) is 2.23. The minimum absolute atomic E-state index is 0.0610. The summed E-state index contributed by atoms with van der Waals surface area (Å²) in [6, 6.07) is 8.27. The van der Waals surface area contributed by atoms with Crippen molar-refractivity contribution in [1.29, 1.82) is 0 Å². The molecule has 1 aromatic rings. The maximum Gasteiger partial charge on any atom is 0.231 e. The Morgan fingerprint density at radius 1 is 1.43 bits per heavy atom. The van der Waals surface area contributed by atoms with Crippen LogP contribution in [0.15, 0.2) is 24.3 Å². The third-order valence-corrected chi connectivity index (χ3v) is 4.86. The number of carbonyl (C=O) groups is 1. The smallest absolute Gasteiger partial charge is 0.231 e. The maximum absolute atomic E-state index is 12.9. The SMILES string of the molecule is COC1(C)CCCN(C(=O)C2CNCc3ccccc32)C1. The average molecular weight is 288 g/mol. The molecule has 2 unspecified atom stereocenters. The number of rotatable bonds is 2. The van der Waals surface area contributed by atoms with Crippen LogP contribution in [0.3, 0.4) is 0 Å². The largest absolute Gasteiger partial charge is 0.377 e. The molecule has 1 amide bonds. The molecule has 0 bridgehead atoms. The van der Waals surface area contributed by atoms with Crippen molar-refractivity contribution in [3.8, 4) is 0 Å². The number of likely N-dealkylation sites (tertiary alicyclic amines) is 1. The maximum atomic E-state index is 12.9. The molecule has 1 fully saturated rings. The van der Waals surface area contributed by atoms with E-state index in [1.807, 2.05) is 17.0 Å². The molecule has 0 spiro atoms. The first kappa shape index (κ1) is 14.5. The first-order valence-corrected chi connectivity index (χ1v) is 7.75. The van der Waals surface area contributed by atoms with Gasteiger partial charge in [0, 0.05) is 33.3 Å². The summed E-state index contributed by atoms with van der Waals surface area (Å²) in [6.07, 6.45) is 2.03. The van der Waals surface area contributed by atoms with Crippen LogP contribution in [0.2, 0.25) is 0 Å². The van der Waals surface area contributed by atoms with Gasteiger partial charge >= 0.3 is 0 Å². The summed E-state index contributed by atoms with van der Waals surface area (Å²) in [5.74, 6) is 0.173. The second-order valence-corrected chi connectivity index (χ2v) is 6.40. The molecular formula is C17H24N2O2. The van der Waals surface area contributed by atoms with Gasteiger partial charge in [-0.05, 0) is 30.9 Å². The normalized spacial score (nSPS) is 29.0. The molecular weight excluding hydrogens is 264 g/mol. The number of fused-ring (bicyclic) bond motifs is 1. The molecule has 2 aliphatic rings. The molecule has 21 heavy (non-hydrogen) atoms. The number of hydrogen-bond donors (Lipinski definition) is 1. The lowest BCUT2D eigenvalue weighted by atomic mass is 9.88. The van der Waals surface area contributed by atoms with Gasteiger partial charge in [0.05, 0.1) is 11.5 Å². The molecule has 1 N–H and O–H groups in total. The summed E-state index contributed by atoms with van der Waals surface area (Å²) in [5, 5.41) is 3.37. The molecule has 2 heterocycles. The summed E-state index contributed by atoms with van der Waals surface area (Å²) in [7, 11) is 1.74. The van der Waals surface area contributed by atoms with Crippen LogP contribution in [0, 0.1) is 0 Å². The molecule has 4 nitrogen and oxygen atoms in total. The van der Waals surface area contributed by atoms with Gasteiger partial charge < -0.3 is 15.0 Å². The van der Waals surface area contributed by atoms with Crippen molar-refractivity contribution in [3.05, 3.63) is 35.4 Å².